The summed E-state index contributed by atoms with van der Waals surface area (Å²) in [6.07, 6.45) is 11.0. The molecule has 5 nitrogen and oxygen atoms in total. The van der Waals surface area contributed by atoms with Gasteiger partial charge in [-0.3, -0.25) is 4.99 Å². The number of aromatic nitrogens is 1. The number of ether oxygens (including phenoxy) is 1. The number of hydrogen-bond donors (Lipinski definition) is 2. The van der Waals surface area contributed by atoms with Gasteiger partial charge in [-0.15, -0.1) is 11.3 Å². The second-order valence-electron chi connectivity index (χ2n) is 5.91. The van der Waals surface area contributed by atoms with Gasteiger partial charge in [0.25, 0.3) is 0 Å². The van der Waals surface area contributed by atoms with Gasteiger partial charge in [0.05, 0.1) is 12.6 Å². The number of aryl methyl sites for hydroxylation is 1. The molecule has 0 bridgehead atoms. The highest BCUT2D eigenvalue weighted by Crippen LogP contribution is 2.20. The van der Waals surface area contributed by atoms with Crippen LogP contribution in [0.5, 0.6) is 0 Å². The third kappa shape index (κ3) is 6.87. The van der Waals surface area contributed by atoms with E-state index in [9.17, 15) is 0 Å². The normalized spacial score (nSPS) is 16.5. The Bertz CT molecular complexity index is 469. The molecule has 2 N–H and O–H groups in total. The molecule has 1 saturated carbocycles. The number of nitrogens with one attached hydrogen (secondary N) is 2. The van der Waals surface area contributed by atoms with Crippen LogP contribution < -0.4 is 10.6 Å². The molecule has 2 rings (SSSR count). The smallest absolute Gasteiger partial charge is 0.191 e. The highest BCUT2D eigenvalue weighted by Gasteiger charge is 2.12. The Morgan fingerprint density at radius 1 is 1.35 bits per heavy atom. The predicted octanol–water partition coefficient (Wildman–Crippen LogP) is 3.11. The summed E-state index contributed by atoms with van der Waals surface area (Å²) in [4.78, 5) is 9.98. The number of aliphatic imine (C=N–C) groups is 1. The van der Waals surface area contributed by atoms with Crippen LogP contribution in [0.4, 0.5) is 0 Å². The maximum atomic E-state index is 5.93. The first kappa shape index (κ1) is 18.2. The Hall–Kier alpha value is -1.14. The van der Waals surface area contributed by atoms with Gasteiger partial charge in [0.1, 0.15) is 5.01 Å². The minimum atomic E-state index is 0.499. The van der Waals surface area contributed by atoms with Crippen LogP contribution in [0.3, 0.4) is 0 Å². The van der Waals surface area contributed by atoms with Crippen molar-refractivity contribution in [2.45, 2.75) is 64.5 Å². The third-order valence-electron chi connectivity index (χ3n) is 4.10. The first-order valence-electron chi connectivity index (χ1n) is 8.81. The van der Waals surface area contributed by atoms with Crippen molar-refractivity contribution in [2.24, 2.45) is 4.99 Å². The number of thiazole rings is 1. The molecule has 0 amide bonds. The van der Waals surface area contributed by atoms with Crippen LogP contribution in [0, 0.1) is 0 Å². The van der Waals surface area contributed by atoms with Crippen LogP contribution in [0.1, 0.15) is 55.3 Å². The first-order chi connectivity index (χ1) is 11.3. The lowest BCUT2D eigenvalue weighted by atomic mass is 9.98. The molecule has 0 aliphatic heterocycles. The molecule has 0 spiro atoms. The molecule has 0 unspecified atom stereocenters. The standard InChI is InChI=1S/C17H30N4OS/c1-3-15-12-20-16(23-15)13-21-17(18-2)19-10-7-11-22-14-8-5-4-6-9-14/h12,14H,3-11,13H2,1-2H3,(H2,18,19,21). The highest BCUT2D eigenvalue weighted by atomic mass is 32.1. The van der Waals surface area contributed by atoms with Crippen LogP contribution in [0.25, 0.3) is 0 Å². The van der Waals surface area contributed by atoms with Crippen molar-refractivity contribution in [3.63, 3.8) is 0 Å². The van der Waals surface area contributed by atoms with E-state index in [4.69, 9.17) is 4.74 Å². The average Bonchev–Trinajstić information content (AvgIpc) is 3.06. The van der Waals surface area contributed by atoms with Crippen LogP contribution in [0.15, 0.2) is 11.2 Å². The zero-order chi connectivity index (χ0) is 16.3. The molecule has 0 radical (unpaired) electrons. The van der Waals surface area contributed by atoms with Crippen molar-refractivity contribution >= 4 is 17.3 Å². The SMILES string of the molecule is CCc1cnc(CNC(=NC)NCCCOC2CCCCC2)s1. The molecule has 1 aliphatic carbocycles. The van der Waals surface area contributed by atoms with E-state index in [1.165, 1.54) is 37.0 Å². The average molecular weight is 339 g/mol. The van der Waals surface area contributed by atoms with Gasteiger partial charge in [-0.1, -0.05) is 26.2 Å². The zero-order valence-electron chi connectivity index (χ0n) is 14.4. The summed E-state index contributed by atoms with van der Waals surface area (Å²) >= 11 is 1.76. The molecular weight excluding hydrogens is 308 g/mol. The number of guanidine groups is 1. The Labute approximate surface area is 144 Å². The largest absolute Gasteiger partial charge is 0.378 e. The van der Waals surface area contributed by atoms with Gasteiger partial charge >= 0.3 is 0 Å². The van der Waals surface area contributed by atoms with Crippen molar-refractivity contribution in [3.8, 4) is 0 Å². The van der Waals surface area contributed by atoms with Gasteiger partial charge < -0.3 is 15.4 Å². The second-order valence-corrected chi connectivity index (χ2v) is 7.11. The molecule has 0 saturated heterocycles. The second kappa shape index (κ2) is 10.6. The molecule has 6 heteroatoms. The fourth-order valence-electron chi connectivity index (χ4n) is 2.73. The maximum absolute atomic E-state index is 5.93. The predicted molar refractivity (Wildman–Crippen MR) is 97.1 cm³/mol. The fourth-order valence-corrected chi connectivity index (χ4v) is 3.54. The quantitative estimate of drug-likeness (QED) is 0.434. The molecule has 1 aromatic rings. The summed E-state index contributed by atoms with van der Waals surface area (Å²) in [5.74, 6) is 0.830. The van der Waals surface area contributed by atoms with Crippen molar-refractivity contribution in [2.75, 3.05) is 20.2 Å². The number of rotatable bonds is 8. The molecular formula is C17H30N4OS. The minimum Gasteiger partial charge on any atom is -0.378 e. The summed E-state index contributed by atoms with van der Waals surface area (Å²) < 4.78 is 5.93. The topological polar surface area (TPSA) is 58.5 Å². The van der Waals surface area contributed by atoms with Crippen LogP contribution in [-0.4, -0.2) is 37.2 Å². The van der Waals surface area contributed by atoms with E-state index < -0.39 is 0 Å². The molecule has 1 aliphatic rings. The summed E-state index contributed by atoms with van der Waals surface area (Å²) in [6.45, 7) is 4.59. The Balaban J connectivity index is 1.55. The molecule has 1 aromatic heterocycles. The Morgan fingerprint density at radius 3 is 2.87 bits per heavy atom. The van der Waals surface area contributed by atoms with Crippen LogP contribution >= 0.6 is 11.3 Å². The van der Waals surface area contributed by atoms with Crippen molar-refractivity contribution in [3.05, 3.63) is 16.1 Å². The molecule has 23 heavy (non-hydrogen) atoms. The van der Waals surface area contributed by atoms with Gasteiger partial charge in [-0.05, 0) is 25.7 Å². The van der Waals surface area contributed by atoms with E-state index in [2.05, 4.69) is 27.5 Å². The molecule has 130 valence electrons. The van der Waals surface area contributed by atoms with E-state index in [1.54, 1.807) is 18.4 Å². The van der Waals surface area contributed by atoms with Gasteiger partial charge in [0.15, 0.2) is 5.96 Å². The van der Waals surface area contributed by atoms with Crippen LogP contribution in [-0.2, 0) is 17.7 Å². The van der Waals surface area contributed by atoms with Gasteiger partial charge in [0.2, 0.25) is 0 Å². The van der Waals surface area contributed by atoms with E-state index in [0.29, 0.717) is 6.10 Å². The van der Waals surface area contributed by atoms with Crippen LogP contribution in [0.2, 0.25) is 0 Å². The van der Waals surface area contributed by atoms with Gasteiger partial charge in [0, 0.05) is 31.3 Å². The maximum Gasteiger partial charge on any atom is 0.191 e. The lowest BCUT2D eigenvalue weighted by molar-refractivity contribution is 0.0277. The zero-order valence-corrected chi connectivity index (χ0v) is 15.3. The molecule has 0 aromatic carbocycles. The van der Waals surface area contributed by atoms with E-state index in [1.807, 2.05) is 6.20 Å². The van der Waals surface area contributed by atoms with Crippen molar-refractivity contribution < 1.29 is 4.74 Å². The molecule has 0 atom stereocenters. The Kier molecular flexibility index (Phi) is 8.39. The summed E-state index contributed by atoms with van der Waals surface area (Å²) in [6, 6.07) is 0. The van der Waals surface area contributed by atoms with E-state index in [0.717, 1.165) is 43.5 Å². The Morgan fingerprint density at radius 2 is 2.17 bits per heavy atom. The monoisotopic (exact) mass is 338 g/mol. The fraction of sp³-hybridized carbons (Fsp3) is 0.765. The first-order valence-corrected chi connectivity index (χ1v) is 9.63. The van der Waals surface area contributed by atoms with Crippen molar-refractivity contribution in [1.29, 1.82) is 0 Å². The molecule has 1 heterocycles. The van der Waals surface area contributed by atoms with Gasteiger partial charge in [-0.25, -0.2) is 4.98 Å². The lowest BCUT2D eigenvalue weighted by Gasteiger charge is -2.22. The number of hydrogen-bond acceptors (Lipinski definition) is 4. The summed E-state index contributed by atoms with van der Waals surface area (Å²) in [7, 11) is 1.80. The van der Waals surface area contributed by atoms with Gasteiger partial charge in [-0.2, -0.15) is 0 Å². The molecule has 1 fully saturated rings. The summed E-state index contributed by atoms with van der Waals surface area (Å²) in [5.41, 5.74) is 0. The van der Waals surface area contributed by atoms with Crippen molar-refractivity contribution in [1.82, 2.24) is 15.6 Å². The van der Waals surface area contributed by atoms with E-state index in [-0.39, 0.29) is 0 Å². The summed E-state index contributed by atoms with van der Waals surface area (Å²) in [5, 5.41) is 7.75. The number of nitrogens with zero attached hydrogens (tertiary/aromatic N) is 2. The lowest BCUT2D eigenvalue weighted by Crippen LogP contribution is -2.37. The minimum absolute atomic E-state index is 0.499. The third-order valence-corrected chi connectivity index (χ3v) is 5.24. The van der Waals surface area contributed by atoms with E-state index >= 15 is 0 Å². The highest BCUT2D eigenvalue weighted by molar-refractivity contribution is 7.11.